The molecule has 8 heteroatoms. The summed E-state index contributed by atoms with van der Waals surface area (Å²) in [7, 11) is -0.365. The van der Waals surface area contributed by atoms with Crippen LogP contribution in [0.1, 0.15) is 90.4 Å². The zero-order valence-corrected chi connectivity index (χ0v) is 20.4. The molecular formula is C22H47N2O5S+. The predicted molar refractivity (Wildman–Crippen MR) is 123 cm³/mol. The lowest BCUT2D eigenvalue weighted by Crippen LogP contribution is -2.47. The van der Waals surface area contributed by atoms with Crippen LogP contribution in [0, 0.1) is 0 Å². The standard InChI is InChI=1S/C22H46N2O5S/c1-4-5-6-7-8-9-10-11-12-14-17-23-22(26)16-13-15-18-24(2,3)19-21(25)20-30(27,28)29/h21,25H,4-20H2,1-3H3,(H-,23,26,27,28,29)/p+1. The van der Waals surface area contributed by atoms with Crippen LogP contribution in [0.3, 0.4) is 0 Å². The fourth-order valence-electron chi connectivity index (χ4n) is 3.71. The van der Waals surface area contributed by atoms with E-state index in [-0.39, 0.29) is 12.5 Å². The Balaban J connectivity index is 3.60. The second kappa shape index (κ2) is 16.9. The second-order valence-electron chi connectivity index (χ2n) is 9.23. The molecule has 180 valence electrons. The first kappa shape index (κ1) is 29.3. The Morgan fingerprint density at radius 1 is 0.900 bits per heavy atom. The van der Waals surface area contributed by atoms with Crippen molar-refractivity contribution in [2.75, 3.05) is 39.5 Å². The van der Waals surface area contributed by atoms with Gasteiger partial charge in [-0.15, -0.1) is 0 Å². The highest BCUT2D eigenvalue weighted by Gasteiger charge is 2.24. The highest BCUT2D eigenvalue weighted by molar-refractivity contribution is 7.85. The minimum atomic E-state index is -4.17. The molecule has 0 saturated carbocycles. The Morgan fingerprint density at radius 2 is 1.43 bits per heavy atom. The molecule has 0 aromatic rings. The molecule has 1 amide bonds. The highest BCUT2D eigenvalue weighted by Crippen LogP contribution is 2.10. The van der Waals surface area contributed by atoms with Gasteiger partial charge in [0.05, 0.1) is 20.6 Å². The Morgan fingerprint density at radius 3 is 1.97 bits per heavy atom. The normalized spacial score (nSPS) is 13.4. The average Bonchev–Trinajstić information content (AvgIpc) is 2.61. The molecule has 0 bridgehead atoms. The van der Waals surface area contributed by atoms with Crippen LogP contribution < -0.4 is 5.32 Å². The van der Waals surface area contributed by atoms with Crippen molar-refractivity contribution in [2.45, 2.75) is 96.5 Å². The maximum atomic E-state index is 11.9. The van der Waals surface area contributed by atoms with Gasteiger partial charge < -0.3 is 14.9 Å². The summed E-state index contributed by atoms with van der Waals surface area (Å²) in [6, 6.07) is 0. The lowest BCUT2D eigenvalue weighted by Gasteiger charge is -2.31. The third-order valence-electron chi connectivity index (χ3n) is 5.38. The van der Waals surface area contributed by atoms with Gasteiger partial charge in [0.1, 0.15) is 18.4 Å². The number of unbranched alkanes of at least 4 members (excludes halogenated alkanes) is 10. The van der Waals surface area contributed by atoms with E-state index in [2.05, 4.69) is 12.2 Å². The van der Waals surface area contributed by atoms with Crippen LogP contribution in [0.15, 0.2) is 0 Å². The number of aliphatic hydroxyl groups is 1. The van der Waals surface area contributed by atoms with E-state index in [9.17, 15) is 18.3 Å². The van der Waals surface area contributed by atoms with Crippen LogP contribution >= 0.6 is 0 Å². The number of nitrogens with one attached hydrogen (secondary N) is 1. The van der Waals surface area contributed by atoms with Gasteiger partial charge in [-0.2, -0.15) is 8.42 Å². The van der Waals surface area contributed by atoms with Crippen LogP contribution in [0.5, 0.6) is 0 Å². The Bertz CT molecular complexity index is 538. The Hall–Kier alpha value is -0.700. The van der Waals surface area contributed by atoms with E-state index < -0.39 is 22.0 Å². The van der Waals surface area contributed by atoms with Crippen molar-refractivity contribution < 1.29 is 27.4 Å². The molecule has 0 aromatic carbocycles. The van der Waals surface area contributed by atoms with E-state index in [1.165, 1.54) is 57.8 Å². The third kappa shape index (κ3) is 20.6. The van der Waals surface area contributed by atoms with E-state index >= 15 is 0 Å². The van der Waals surface area contributed by atoms with Gasteiger partial charge in [0, 0.05) is 13.0 Å². The molecule has 0 aliphatic rings. The molecule has 1 atom stereocenters. The number of hydrogen-bond donors (Lipinski definition) is 3. The maximum Gasteiger partial charge on any atom is 0.267 e. The summed E-state index contributed by atoms with van der Waals surface area (Å²) in [6.07, 6.45) is 13.8. The molecule has 1 unspecified atom stereocenters. The van der Waals surface area contributed by atoms with Crippen molar-refractivity contribution in [3.63, 3.8) is 0 Å². The van der Waals surface area contributed by atoms with Crippen LogP contribution in [0.4, 0.5) is 0 Å². The molecule has 0 heterocycles. The smallest absolute Gasteiger partial charge is 0.267 e. The Labute approximate surface area is 185 Å². The average molecular weight is 452 g/mol. The van der Waals surface area contributed by atoms with Crippen LogP contribution in [0.25, 0.3) is 0 Å². The van der Waals surface area contributed by atoms with E-state index in [1.54, 1.807) is 0 Å². The zero-order valence-electron chi connectivity index (χ0n) is 19.6. The van der Waals surface area contributed by atoms with E-state index in [1.807, 2.05) is 14.1 Å². The maximum absolute atomic E-state index is 11.9. The first-order chi connectivity index (χ1) is 14.1. The SMILES string of the molecule is CCCCCCCCCCCCNC(=O)CCCC[N+](C)(C)CC(O)CS(=O)(=O)O. The van der Waals surface area contributed by atoms with Gasteiger partial charge in [0.2, 0.25) is 5.91 Å². The molecular weight excluding hydrogens is 404 g/mol. The molecule has 0 saturated heterocycles. The summed E-state index contributed by atoms with van der Waals surface area (Å²) in [6.45, 7) is 3.96. The molecule has 0 aliphatic carbocycles. The number of carbonyl (C=O) groups excluding carboxylic acids is 1. The number of aliphatic hydroxyl groups excluding tert-OH is 1. The molecule has 30 heavy (non-hydrogen) atoms. The minimum Gasteiger partial charge on any atom is -0.386 e. The Kier molecular flexibility index (Phi) is 16.5. The number of carbonyl (C=O) groups is 1. The summed E-state index contributed by atoms with van der Waals surface area (Å²) < 4.78 is 30.9. The van der Waals surface area contributed by atoms with Gasteiger partial charge in [-0.25, -0.2) is 0 Å². The summed E-state index contributed by atoms with van der Waals surface area (Å²) in [5.41, 5.74) is 0. The van der Waals surface area contributed by atoms with Gasteiger partial charge in [0.25, 0.3) is 10.1 Å². The first-order valence-electron chi connectivity index (χ1n) is 11.8. The van der Waals surface area contributed by atoms with Crippen LogP contribution in [0.2, 0.25) is 0 Å². The van der Waals surface area contributed by atoms with Crippen molar-refractivity contribution in [2.24, 2.45) is 0 Å². The number of quaternary nitrogens is 1. The molecule has 0 aromatic heterocycles. The minimum absolute atomic E-state index is 0.0858. The number of rotatable bonds is 20. The fourth-order valence-corrected chi connectivity index (χ4v) is 4.30. The van der Waals surface area contributed by atoms with Gasteiger partial charge in [-0.1, -0.05) is 64.7 Å². The topological polar surface area (TPSA) is 104 Å². The van der Waals surface area contributed by atoms with Gasteiger partial charge >= 0.3 is 0 Å². The summed E-state index contributed by atoms with van der Waals surface area (Å²) in [4.78, 5) is 11.9. The molecule has 3 N–H and O–H groups in total. The van der Waals surface area contributed by atoms with Crippen molar-refractivity contribution >= 4 is 16.0 Å². The highest BCUT2D eigenvalue weighted by atomic mass is 32.2. The quantitative estimate of drug-likeness (QED) is 0.149. The van der Waals surface area contributed by atoms with Crippen LogP contribution in [-0.2, 0) is 14.9 Å². The number of likely N-dealkylation sites (N-methyl/N-ethyl adjacent to an activating group) is 1. The fraction of sp³-hybridized carbons (Fsp3) is 0.955. The van der Waals surface area contributed by atoms with E-state index in [0.29, 0.717) is 10.9 Å². The van der Waals surface area contributed by atoms with Crippen molar-refractivity contribution in [1.82, 2.24) is 5.32 Å². The predicted octanol–water partition coefficient (Wildman–Crippen LogP) is 3.52. The first-order valence-corrected chi connectivity index (χ1v) is 13.4. The lowest BCUT2D eigenvalue weighted by molar-refractivity contribution is -0.893. The number of hydrogen-bond acceptors (Lipinski definition) is 4. The summed E-state index contributed by atoms with van der Waals surface area (Å²) in [5, 5.41) is 12.8. The monoisotopic (exact) mass is 451 g/mol. The number of nitrogens with zero attached hydrogens (tertiary/aromatic N) is 1. The van der Waals surface area contributed by atoms with Gasteiger partial charge in [-0.3, -0.25) is 9.35 Å². The van der Waals surface area contributed by atoms with Gasteiger partial charge in [0.15, 0.2) is 0 Å². The lowest BCUT2D eigenvalue weighted by atomic mass is 10.1. The third-order valence-corrected chi connectivity index (χ3v) is 6.18. The molecule has 0 spiro atoms. The number of amides is 1. The largest absolute Gasteiger partial charge is 0.386 e. The zero-order chi connectivity index (χ0) is 22.9. The van der Waals surface area contributed by atoms with E-state index in [4.69, 9.17) is 4.55 Å². The van der Waals surface area contributed by atoms with Crippen molar-refractivity contribution in [3.05, 3.63) is 0 Å². The molecule has 0 rings (SSSR count). The molecule has 7 nitrogen and oxygen atoms in total. The molecule has 0 aliphatic heterocycles. The molecule has 0 fully saturated rings. The summed E-state index contributed by atoms with van der Waals surface area (Å²) >= 11 is 0. The summed E-state index contributed by atoms with van der Waals surface area (Å²) in [5.74, 6) is -0.557. The van der Waals surface area contributed by atoms with Crippen molar-refractivity contribution in [3.8, 4) is 0 Å². The second-order valence-corrected chi connectivity index (χ2v) is 10.7. The van der Waals surface area contributed by atoms with E-state index in [0.717, 1.165) is 32.4 Å². The van der Waals surface area contributed by atoms with Crippen LogP contribution in [-0.4, -0.2) is 74.1 Å². The van der Waals surface area contributed by atoms with Gasteiger partial charge in [-0.05, 0) is 19.3 Å². The molecule has 0 radical (unpaired) electrons. The van der Waals surface area contributed by atoms with Crippen molar-refractivity contribution in [1.29, 1.82) is 0 Å².